The van der Waals surface area contributed by atoms with Crippen LogP contribution in [0.5, 0.6) is 0 Å². The standard InChI is InChI=1S/C16H14Cl2FNO3S/c1-9(12-7-15(19)14(18)8-13(12)17)20-16(21)10-3-5-11(6-4-10)24(2,22)23/h3-9H,1-2H3,(H,20,21)/t9-/m0/s1. The molecule has 2 rings (SSSR count). The minimum absolute atomic E-state index is 0.0985. The number of nitrogens with one attached hydrogen (secondary N) is 1. The first-order valence-corrected chi connectivity index (χ1v) is 9.49. The lowest BCUT2D eigenvalue weighted by molar-refractivity contribution is 0.0939. The molecule has 2 aromatic carbocycles. The maximum atomic E-state index is 13.6. The Labute approximate surface area is 149 Å². The van der Waals surface area contributed by atoms with Gasteiger partial charge in [0.2, 0.25) is 0 Å². The second-order valence-electron chi connectivity index (χ2n) is 5.28. The van der Waals surface area contributed by atoms with E-state index in [4.69, 9.17) is 23.2 Å². The Morgan fingerprint density at radius 2 is 1.71 bits per heavy atom. The van der Waals surface area contributed by atoms with E-state index >= 15 is 0 Å². The number of carbonyl (C=O) groups is 1. The number of hydrogen-bond acceptors (Lipinski definition) is 3. The molecule has 0 saturated carbocycles. The van der Waals surface area contributed by atoms with Crippen LogP contribution in [0.15, 0.2) is 41.3 Å². The fourth-order valence-corrected chi connectivity index (χ4v) is 3.26. The Bertz CT molecular complexity index is 883. The third-order valence-corrected chi connectivity index (χ3v) is 5.14. The minimum Gasteiger partial charge on any atom is -0.345 e. The molecule has 0 aliphatic carbocycles. The summed E-state index contributed by atoms with van der Waals surface area (Å²) in [5.41, 5.74) is 0.666. The molecular weight excluding hydrogens is 376 g/mol. The Morgan fingerprint density at radius 3 is 2.25 bits per heavy atom. The van der Waals surface area contributed by atoms with Gasteiger partial charge in [0, 0.05) is 16.8 Å². The number of amides is 1. The zero-order valence-corrected chi connectivity index (χ0v) is 15.1. The molecule has 0 radical (unpaired) electrons. The van der Waals surface area contributed by atoms with Gasteiger partial charge in [-0.15, -0.1) is 0 Å². The van der Waals surface area contributed by atoms with Crippen molar-refractivity contribution in [3.8, 4) is 0 Å². The van der Waals surface area contributed by atoms with Crippen LogP contribution in [0.3, 0.4) is 0 Å². The fraction of sp³-hybridized carbons (Fsp3) is 0.188. The molecule has 0 aromatic heterocycles. The van der Waals surface area contributed by atoms with Crippen molar-refractivity contribution in [1.82, 2.24) is 5.32 Å². The summed E-state index contributed by atoms with van der Waals surface area (Å²) >= 11 is 11.7. The van der Waals surface area contributed by atoms with E-state index in [-0.39, 0.29) is 20.5 Å². The van der Waals surface area contributed by atoms with Crippen LogP contribution in [0.4, 0.5) is 4.39 Å². The smallest absolute Gasteiger partial charge is 0.251 e. The monoisotopic (exact) mass is 389 g/mol. The van der Waals surface area contributed by atoms with Crippen molar-refractivity contribution < 1.29 is 17.6 Å². The molecule has 0 aliphatic heterocycles. The van der Waals surface area contributed by atoms with Crippen LogP contribution in [0.2, 0.25) is 10.0 Å². The number of sulfone groups is 1. The van der Waals surface area contributed by atoms with Crippen LogP contribution >= 0.6 is 23.2 Å². The molecule has 0 saturated heterocycles. The third-order valence-electron chi connectivity index (χ3n) is 3.40. The van der Waals surface area contributed by atoms with E-state index in [0.717, 1.165) is 6.26 Å². The average molecular weight is 390 g/mol. The zero-order chi connectivity index (χ0) is 18.1. The van der Waals surface area contributed by atoms with Crippen LogP contribution in [-0.2, 0) is 9.84 Å². The van der Waals surface area contributed by atoms with E-state index in [1.165, 1.54) is 36.4 Å². The predicted octanol–water partition coefficient (Wildman–Crippen LogP) is 4.03. The molecule has 2 aromatic rings. The largest absolute Gasteiger partial charge is 0.345 e. The van der Waals surface area contributed by atoms with E-state index in [9.17, 15) is 17.6 Å². The van der Waals surface area contributed by atoms with Gasteiger partial charge >= 0.3 is 0 Å². The highest BCUT2D eigenvalue weighted by Crippen LogP contribution is 2.28. The molecule has 1 atom stereocenters. The molecule has 0 spiro atoms. The Morgan fingerprint density at radius 1 is 1.12 bits per heavy atom. The quantitative estimate of drug-likeness (QED) is 0.802. The van der Waals surface area contributed by atoms with E-state index < -0.39 is 27.6 Å². The maximum Gasteiger partial charge on any atom is 0.251 e. The lowest BCUT2D eigenvalue weighted by atomic mass is 10.1. The summed E-state index contributed by atoms with van der Waals surface area (Å²) in [6, 6.07) is 7.39. The summed E-state index contributed by atoms with van der Waals surface area (Å²) in [7, 11) is -3.33. The maximum absolute atomic E-state index is 13.6. The highest BCUT2D eigenvalue weighted by atomic mass is 35.5. The molecule has 0 fully saturated rings. The molecular formula is C16H14Cl2FNO3S. The molecule has 0 unspecified atom stereocenters. The van der Waals surface area contributed by atoms with Crippen LogP contribution < -0.4 is 5.32 Å². The number of carbonyl (C=O) groups excluding carboxylic acids is 1. The zero-order valence-electron chi connectivity index (χ0n) is 12.8. The Kier molecular flexibility index (Phi) is 5.52. The first-order chi connectivity index (χ1) is 11.1. The van der Waals surface area contributed by atoms with Gasteiger partial charge in [-0.05, 0) is 48.9 Å². The van der Waals surface area contributed by atoms with Gasteiger partial charge in [-0.2, -0.15) is 0 Å². The van der Waals surface area contributed by atoms with E-state index in [0.29, 0.717) is 5.56 Å². The summed E-state index contributed by atoms with van der Waals surface area (Å²) in [6.45, 7) is 1.65. The molecule has 4 nitrogen and oxygen atoms in total. The van der Waals surface area contributed by atoms with Crippen molar-refractivity contribution in [2.24, 2.45) is 0 Å². The van der Waals surface area contributed by atoms with Gasteiger partial charge in [0.05, 0.1) is 16.0 Å². The lowest BCUT2D eigenvalue weighted by Crippen LogP contribution is -2.27. The number of rotatable bonds is 4. The normalized spacial score (nSPS) is 12.7. The van der Waals surface area contributed by atoms with Crippen LogP contribution in [-0.4, -0.2) is 20.6 Å². The van der Waals surface area contributed by atoms with Crippen molar-refractivity contribution in [1.29, 1.82) is 0 Å². The average Bonchev–Trinajstić information content (AvgIpc) is 2.50. The van der Waals surface area contributed by atoms with Crippen molar-refractivity contribution >= 4 is 38.9 Å². The molecule has 24 heavy (non-hydrogen) atoms. The molecule has 0 aliphatic rings. The molecule has 128 valence electrons. The van der Waals surface area contributed by atoms with Gasteiger partial charge in [-0.3, -0.25) is 4.79 Å². The number of hydrogen-bond donors (Lipinski definition) is 1. The summed E-state index contributed by atoms with van der Waals surface area (Å²) in [5, 5.41) is 2.81. The van der Waals surface area contributed by atoms with E-state index in [2.05, 4.69) is 5.32 Å². The topological polar surface area (TPSA) is 63.2 Å². The summed E-state index contributed by atoms with van der Waals surface area (Å²) < 4.78 is 36.4. The Hall–Kier alpha value is -1.63. The predicted molar refractivity (Wildman–Crippen MR) is 91.9 cm³/mol. The molecule has 0 bridgehead atoms. The first kappa shape index (κ1) is 18.7. The second kappa shape index (κ2) is 7.09. The first-order valence-electron chi connectivity index (χ1n) is 6.85. The highest BCUT2D eigenvalue weighted by Gasteiger charge is 2.17. The molecule has 0 heterocycles. The Balaban J connectivity index is 2.19. The second-order valence-corrected chi connectivity index (χ2v) is 8.11. The molecule has 8 heteroatoms. The SMILES string of the molecule is C[C@H](NC(=O)c1ccc(S(C)(=O)=O)cc1)c1cc(F)c(Cl)cc1Cl. The molecule has 1 N–H and O–H groups in total. The van der Waals surface area contributed by atoms with Crippen LogP contribution in [0.1, 0.15) is 28.9 Å². The van der Waals surface area contributed by atoms with Crippen molar-refractivity contribution in [3.05, 3.63) is 63.4 Å². The van der Waals surface area contributed by atoms with Gasteiger partial charge in [-0.1, -0.05) is 23.2 Å². The minimum atomic E-state index is -3.33. The van der Waals surface area contributed by atoms with Crippen LogP contribution in [0, 0.1) is 5.82 Å². The summed E-state index contributed by atoms with van der Waals surface area (Å²) in [5.74, 6) is -1.07. The summed E-state index contributed by atoms with van der Waals surface area (Å²) in [6.07, 6.45) is 1.08. The highest BCUT2D eigenvalue weighted by molar-refractivity contribution is 7.90. The van der Waals surface area contributed by atoms with Gasteiger partial charge in [-0.25, -0.2) is 12.8 Å². The van der Waals surface area contributed by atoms with E-state index in [1.807, 2.05) is 0 Å². The van der Waals surface area contributed by atoms with Gasteiger partial charge in [0.1, 0.15) is 5.82 Å². The molecule has 1 amide bonds. The lowest BCUT2D eigenvalue weighted by Gasteiger charge is -2.16. The van der Waals surface area contributed by atoms with Gasteiger partial charge in [0.25, 0.3) is 5.91 Å². The van der Waals surface area contributed by atoms with Gasteiger partial charge in [0.15, 0.2) is 9.84 Å². The summed E-state index contributed by atoms with van der Waals surface area (Å²) in [4.78, 5) is 12.3. The van der Waals surface area contributed by atoms with Crippen molar-refractivity contribution in [2.75, 3.05) is 6.26 Å². The number of halogens is 3. The van der Waals surface area contributed by atoms with E-state index in [1.54, 1.807) is 6.92 Å². The number of benzene rings is 2. The van der Waals surface area contributed by atoms with Crippen molar-refractivity contribution in [3.63, 3.8) is 0 Å². The van der Waals surface area contributed by atoms with Crippen molar-refractivity contribution in [2.45, 2.75) is 17.9 Å². The fourth-order valence-electron chi connectivity index (χ4n) is 2.08. The van der Waals surface area contributed by atoms with Crippen LogP contribution in [0.25, 0.3) is 0 Å². The third kappa shape index (κ3) is 4.26. The van der Waals surface area contributed by atoms with Gasteiger partial charge < -0.3 is 5.32 Å².